The summed E-state index contributed by atoms with van der Waals surface area (Å²) in [6.45, 7) is 1.31. The van der Waals surface area contributed by atoms with Crippen LogP contribution in [-0.2, 0) is 0 Å². The molecular weight excluding hydrogens is 258 g/mol. The molecule has 1 saturated heterocycles. The Bertz CT molecular complexity index is 462. The van der Waals surface area contributed by atoms with Crippen LogP contribution in [0.3, 0.4) is 0 Å². The Morgan fingerprint density at radius 2 is 2.22 bits per heavy atom. The van der Waals surface area contributed by atoms with E-state index in [2.05, 4.69) is 10.1 Å². The summed E-state index contributed by atoms with van der Waals surface area (Å²) in [5, 5.41) is 13.5. The minimum absolute atomic E-state index is 0. The lowest BCUT2D eigenvalue weighted by molar-refractivity contribution is -0.485. The highest BCUT2D eigenvalue weighted by atomic mass is 35.5. The average molecular weight is 272 g/mol. The van der Waals surface area contributed by atoms with E-state index in [0.717, 1.165) is 5.69 Å². The molecule has 2 rings (SSSR count). The molecule has 1 aliphatic rings. The number of hydrogen-bond donors (Lipinski definition) is 0. The molecule has 0 amide bonds. The molecule has 98 valence electrons. The standard InChI is InChI=1S/C9H10ClN5O2.CH4/c1-13-4-5-14(9(13)12-15(16)17)7-2-3-8(10)11-6-7;/h2-3,6H,4-5H2,1H3;1H4/b12-9+;. The Hall–Kier alpha value is -1.89. The van der Waals surface area contributed by atoms with Gasteiger partial charge in [-0.3, -0.25) is 0 Å². The summed E-state index contributed by atoms with van der Waals surface area (Å²) >= 11 is 5.69. The van der Waals surface area contributed by atoms with Crippen LogP contribution < -0.4 is 4.90 Å². The van der Waals surface area contributed by atoms with Crippen molar-refractivity contribution in [1.82, 2.24) is 9.88 Å². The fourth-order valence-electron chi connectivity index (χ4n) is 1.63. The van der Waals surface area contributed by atoms with E-state index in [-0.39, 0.29) is 7.43 Å². The van der Waals surface area contributed by atoms with Gasteiger partial charge in [0.2, 0.25) is 0 Å². The van der Waals surface area contributed by atoms with Gasteiger partial charge in [0.25, 0.3) is 5.96 Å². The predicted octanol–water partition coefficient (Wildman–Crippen LogP) is 1.67. The van der Waals surface area contributed by atoms with Crippen molar-refractivity contribution >= 4 is 23.2 Å². The molecule has 0 atom stereocenters. The molecule has 0 unspecified atom stereocenters. The smallest absolute Gasteiger partial charge is 0.278 e. The van der Waals surface area contributed by atoms with Crippen molar-refractivity contribution in [2.75, 3.05) is 25.0 Å². The third-order valence-corrected chi connectivity index (χ3v) is 2.66. The lowest BCUT2D eigenvalue weighted by atomic mass is 10.4. The van der Waals surface area contributed by atoms with Gasteiger partial charge < -0.3 is 9.80 Å². The van der Waals surface area contributed by atoms with Crippen LogP contribution in [0.4, 0.5) is 5.69 Å². The molecule has 1 aromatic rings. The van der Waals surface area contributed by atoms with Crippen molar-refractivity contribution in [2.24, 2.45) is 5.10 Å². The number of pyridine rings is 1. The first kappa shape index (κ1) is 14.2. The van der Waals surface area contributed by atoms with Crippen LogP contribution in [0.5, 0.6) is 0 Å². The van der Waals surface area contributed by atoms with E-state index in [1.165, 1.54) is 0 Å². The van der Waals surface area contributed by atoms with Gasteiger partial charge in [-0.2, -0.15) is 0 Å². The maximum absolute atomic E-state index is 10.5. The fraction of sp³-hybridized carbons (Fsp3) is 0.400. The molecule has 0 bridgehead atoms. The van der Waals surface area contributed by atoms with Crippen LogP contribution in [0.25, 0.3) is 0 Å². The molecule has 8 heteroatoms. The molecule has 1 aromatic heterocycles. The van der Waals surface area contributed by atoms with Crippen molar-refractivity contribution in [1.29, 1.82) is 0 Å². The quantitative estimate of drug-likeness (QED) is 0.465. The number of guanidine groups is 1. The van der Waals surface area contributed by atoms with Crippen LogP contribution >= 0.6 is 11.6 Å². The first-order valence-corrected chi connectivity index (χ1v) is 5.29. The Kier molecular flexibility index (Phi) is 4.43. The number of halogens is 1. The Labute approximate surface area is 110 Å². The average Bonchev–Trinajstić information content (AvgIpc) is 2.61. The predicted molar refractivity (Wildman–Crippen MR) is 70.4 cm³/mol. The normalized spacial score (nSPS) is 16.9. The highest BCUT2D eigenvalue weighted by Crippen LogP contribution is 2.19. The molecule has 0 aromatic carbocycles. The van der Waals surface area contributed by atoms with Gasteiger partial charge >= 0.3 is 0 Å². The number of likely N-dealkylation sites (N-methyl/N-ethyl adjacent to an activating group) is 1. The van der Waals surface area contributed by atoms with Gasteiger partial charge in [0.15, 0.2) is 5.03 Å². The zero-order valence-electron chi connectivity index (χ0n) is 9.08. The number of hydrogen-bond acceptors (Lipinski definition) is 3. The molecule has 0 spiro atoms. The van der Waals surface area contributed by atoms with E-state index in [4.69, 9.17) is 11.6 Å². The fourth-order valence-corrected chi connectivity index (χ4v) is 1.74. The lowest BCUT2D eigenvalue weighted by Crippen LogP contribution is -2.32. The summed E-state index contributed by atoms with van der Waals surface area (Å²) in [4.78, 5) is 17.9. The Morgan fingerprint density at radius 1 is 1.50 bits per heavy atom. The van der Waals surface area contributed by atoms with Crippen molar-refractivity contribution in [3.05, 3.63) is 33.6 Å². The van der Waals surface area contributed by atoms with Crippen molar-refractivity contribution < 1.29 is 5.03 Å². The number of nitrogens with zero attached hydrogens (tertiary/aromatic N) is 5. The Balaban J connectivity index is 0.00000162. The van der Waals surface area contributed by atoms with E-state index < -0.39 is 5.03 Å². The first-order chi connectivity index (χ1) is 8.08. The molecule has 0 N–H and O–H groups in total. The lowest BCUT2D eigenvalue weighted by Gasteiger charge is -2.17. The monoisotopic (exact) mass is 271 g/mol. The Morgan fingerprint density at radius 3 is 2.78 bits per heavy atom. The number of rotatable bonds is 2. The molecular formula is C10H14ClN5O2. The van der Waals surface area contributed by atoms with E-state index in [0.29, 0.717) is 24.2 Å². The van der Waals surface area contributed by atoms with Crippen LogP contribution in [0.2, 0.25) is 5.15 Å². The minimum atomic E-state index is -0.701. The second-order valence-electron chi connectivity index (χ2n) is 3.55. The SMILES string of the molecule is C.CN1CCN(c2ccc(Cl)nc2)/C1=N/[N+](=O)[O-]. The van der Waals surface area contributed by atoms with Crippen LogP contribution in [0.15, 0.2) is 23.4 Å². The maximum atomic E-state index is 10.5. The molecule has 0 radical (unpaired) electrons. The van der Waals surface area contributed by atoms with Crippen molar-refractivity contribution in [3.8, 4) is 0 Å². The van der Waals surface area contributed by atoms with E-state index in [1.807, 2.05) is 0 Å². The van der Waals surface area contributed by atoms with E-state index in [1.54, 1.807) is 35.2 Å². The number of hydrazone groups is 1. The summed E-state index contributed by atoms with van der Waals surface area (Å²) in [7, 11) is 1.76. The van der Waals surface area contributed by atoms with Gasteiger partial charge in [-0.25, -0.2) is 15.1 Å². The van der Waals surface area contributed by atoms with E-state index >= 15 is 0 Å². The van der Waals surface area contributed by atoms with Crippen molar-refractivity contribution in [2.45, 2.75) is 7.43 Å². The van der Waals surface area contributed by atoms with Crippen LogP contribution in [0.1, 0.15) is 7.43 Å². The maximum Gasteiger partial charge on any atom is 0.278 e. The van der Waals surface area contributed by atoms with Gasteiger partial charge in [0.05, 0.1) is 11.9 Å². The second-order valence-corrected chi connectivity index (χ2v) is 3.94. The van der Waals surface area contributed by atoms with Gasteiger partial charge in [-0.15, -0.1) is 0 Å². The molecule has 0 aliphatic carbocycles. The zero-order chi connectivity index (χ0) is 12.4. The summed E-state index contributed by atoms with van der Waals surface area (Å²) in [6.07, 6.45) is 1.57. The molecule has 18 heavy (non-hydrogen) atoms. The number of nitro groups is 1. The molecule has 2 heterocycles. The van der Waals surface area contributed by atoms with Gasteiger partial charge in [-0.1, -0.05) is 19.0 Å². The summed E-state index contributed by atoms with van der Waals surface area (Å²) in [5.41, 5.74) is 0.736. The van der Waals surface area contributed by atoms with Crippen LogP contribution in [0, 0.1) is 10.1 Å². The highest BCUT2D eigenvalue weighted by Gasteiger charge is 2.28. The summed E-state index contributed by atoms with van der Waals surface area (Å²) in [6, 6.07) is 3.39. The van der Waals surface area contributed by atoms with Gasteiger partial charge in [0.1, 0.15) is 10.3 Å². The summed E-state index contributed by atoms with van der Waals surface area (Å²) in [5.74, 6) is 0.305. The third kappa shape index (κ3) is 2.86. The first-order valence-electron chi connectivity index (χ1n) is 4.91. The molecule has 0 saturated carbocycles. The largest absolute Gasteiger partial charge is 0.339 e. The highest BCUT2D eigenvalue weighted by molar-refractivity contribution is 6.29. The summed E-state index contributed by atoms with van der Waals surface area (Å²) < 4.78 is 0. The van der Waals surface area contributed by atoms with E-state index in [9.17, 15) is 10.1 Å². The molecule has 7 nitrogen and oxygen atoms in total. The number of aromatic nitrogens is 1. The second kappa shape index (κ2) is 5.63. The molecule has 1 fully saturated rings. The van der Waals surface area contributed by atoms with Gasteiger partial charge in [-0.05, 0) is 12.1 Å². The molecule has 1 aliphatic heterocycles. The topological polar surface area (TPSA) is 74.9 Å². The van der Waals surface area contributed by atoms with Crippen molar-refractivity contribution in [3.63, 3.8) is 0 Å². The minimum Gasteiger partial charge on any atom is -0.339 e. The van der Waals surface area contributed by atoms with Crippen LogP contribution in [-0.4, -0.2) is 41.0 Å². The van der Waals surface area contributed by atoms with Gasteiger partial charge in [0, 0.05) is 20.1 Å². The zero-order valence-corrected chi connectivity index (χ0v) is 9.83. The number of anilines is 1. The third-order valence-electron chi connectivity index (χ3n) is 2.44.